The van der Waals surface area contributed by atoms with Gasteiger partial charge in [-0.2, -0.15) is 5.10 Å². The Morgan fingerprint density at radius 1 is 1.56 bits per heavy atom. The van der Waals surface area contributed by atoms with Gasteiger partial charge in [0.1, 0.15) is 0 Å². The predicted octanol–water partition coefficient (Wildman–Crippen LogP) is 1.90. The average molecular weight is 250 g/mol. The predicted molar refractivity (Wildman–Crippen MR) is 74.5 cm³/mol. The highest BCUT2D eigenvalue weighted by Crippen LogP contribution is 2.12. The molecule has 0 bridgehead atoms. The summed E-state index contributed by atoms with van der Waals surface area (Å²) in [5.41, 5.74) is 1.18. The monoisotopic (exact) mass is 250 g/mol. The van der Waals surface area contributed by atoms with E-state index in [9.17, 15) is 0 Å². The SMILES string of the molecule is CC(C)n1ccc(CN(C)CC2CCCNC2)n1. The third-order valence-electron chi connectivity index (χ3n) is 3.59. The van der Waals surface area contributed by atoms with Crippen LogP contribution in [0.4, 0.5) is 0 Å². The van der Waals surface area contributed by atoms with E-state index >= 15 is 0 Å². The van der Waals surface area contributed by atoms with E-state index in [-0.39, 0.29) is 0 Å². The molecule has 1 atom stereocenters. The lowest BCUT2D eigenvalue weighted by atomic mass is 9.99. The van der Waals surface area contributed by atoms with Crippen LogP contribution < -0.4 is 5.32 Å². The van der Waals surface area contributed by atoms with Gasteiger partial charge in [-0.3, -0.25) is 4.68 Å². The molecule has 102 valence electrons. The molecule has 4 nitrogen and oxygen atoms in total. The molecule has 1 aromatic rings. The van der Waals surface area contributed by atoms with Crippen molar-refractivity contribution in [3.63, 3.8) is 0 Å². The Hall–Kier alpha value is -0.870. The zero-order chi connectivity index (χ0) is 13.0. The van der Waals surface area contributed by atoms with Crippen molar-refractivity contribution in [1.29, 1.82) is 0 Å². The van der Waals surface area contributed by atoms with Crippen LogP contribution in [0.1, 0.15) is 38.4 Å². The fraction of sp³-hybridized carbons (Fsp3) is 0.786. The van der Waals surface area contributed by atoms with Crippen molar-refractivity contribution in [2.24, 2.45) is 5.92 Å². The molecule has 0 aliphatic carbocycles. The Labute approximate surface area is 110 Å². The maximum atomic E-state index is 4.60. The highest BCUT2D eigenvalue weighted by Gasteiger charge is 2.15. The van der Waals surface area contributed by atoms with Gasteiger partial charge < -0.3 is 10.2 Å². The molecule has 1 fully saturated rings. The normalized spacial score (nSPS) is 20.8. The smallest absolute Gasteiger partial charge is 0.0764 e. The molecule has 1 saturated heterocycles. The molecular weight excluding hydrogens is 224 g/mol. The molecule has 18 heavy (non-hydrogen) atoms. The number of nitrogens with one attached hydrogen (secondary N) is 1. The van der Waals surface area contributed by atoms with Gasteiger partial charge in [0.25, 0.3) is 0 Å². The highest BCUT2D eigenvalue weighted by molar-refractivity contribution is 4.99. The summed E-state index contributed by atoms with van der Waals surface area (Å²) < 4.78 is 2.03. The largest absolute Gasteiger partial charge is 0.316 e. The number of aromatic nitrogens is 2. The highest BCUT2D eigenvalue weighted by atomic mass is 15.3. The lowest BCUT2D eigenvalue weighted by Crippen LogP contribution is -2.36. The van der Waals surface area contributed by atoms with E-state index in [1.165, 1.54) is 38.2 Å². The van der Waals surface area contributed by atoms with Gasteiger partial charge in [0, 0.05) is 25.3 Å². The van der Waals surface area contributed by atoms with Gasteiger partial charge in [0.15, 0.2) is 0 Å². The maximum Gasteiger partial charge on any atom is 0.0764 e. The molecule has 0 aromatic carbocycles. The van der Waals surface area contributed by atoms with Crippen LogP contribution in [0.2, 0.25) is 0 Å². The minimum atomic E-state index is 0.451. The van der Waals surface area contributed by atoms with Gasteiger partial charge in [-0.05, 0) is 58.8 Å². The van der Waals surface area contributed by atoms with E-state index in [0.717, 1.165) is 12.5 Å². The van der Waals surface area contributed by atoms with Gasteiger partial charge in [-0.25, -0.2) is 0 Å². The van der Waals surface area contributed by atoms with Gasteiger partial charge in [0.05, 0.1) is 5.69 Å². The molecule has 2 heterocycles. The van der Waals surface area contributed by atoms with Gasteiger partial charge >= 0.3 is 0 Å². The van der Waals surface area contributed by atoms with Crippen LogP contribution in [-0.2, 0) is 6.54 Å². The first-order chi connectivity index (χ1) is 8.65. The molecule has 1 aromatic heterocycles. The summed E-state index contributed by atoms with van der Waals surface area (Å²) in [6.07, 6.45) is 4.76. The molecule has 0 spiro atoms. The molecule has 1 aliphatic rings. The third kappa shape index (κ3) is 3.82. The van der Waals surface area contributed by atoms with Crippen LogP contribution in [0.15, 0.2) is 12.3 Å². The number of hydrogen-bond acceptors (Lipinski definition) is 3. The molecule has 2 rings (SSSR count). The number of nitrogens with zero attached hydrogens (tertiary/aromatic N) is 3. The second-order valence-electron chi connectivity index (χ2n) is 5.79. The molecule has 4 heteroatoms. The zero-order valence-electron chi connectivity index (χ0n) is 11.9. The Bertz CT molecular complexity index is 352. The molecule has 0 amide bonds. The number of rotatable bonds is 5. The summed E-state index contributed by atoms with van der Waals surface area (Å²) >= 11 is 0. The van der Waals surface area contributed by atoms with Crippen LogP contribution >= 0.6 is 0 Å². The lowest BCUT2D eigenvalue weighted by molar-refractivity contribution is 0.235. The van der Waals surface area contributed by atoms with E-state index in [1.807, 2.05) is 4.68 Å². The van der Waals surface area contributed by atoms with Crippen LogP contribution in [0.25, 0.3) is 0 Å². The molecular formula is C14H26N4. The fourth-order valence-electron chi connectivity index (χ4n) is 2.61. The van der Waals surface area contributed by atoms with E-state index in [4.69, 9.17) is 0 Å². The van der Waals surface area contributed by atoms with Gasteiger partial charge in [0.2, 0.25) is 0 Å². The van der Waals surface area contributed by atoms with Crippen molar-refractivity contribution in [2.75, 3.05) is 26.7 Å². The Morgan fingerprint density at radius 3 is 3.00 bits per heavy atom. The Kier molecular flexibility index (Phi) is 4.78. The number of piperidine rings is 1. The maximum absolute atomic E-state index is 4.60. The molecule has 0 radical (unpaired) electrons. The van der Waals surface area contributed by atoms with Gasteiger partial charge in [-0.1, -0.05) is 0 Å². The van der Waals surface area contributed by atoms with Crippen molar-refractivity contribution in [2.45, 2.75) is 39.3 Å². The quantitative estimate of drug-likeness (QED) is 0.866. The molecule has 1 aliphatic heterocycles. The summed E-state index contributed by atoms with van der Waals surface area (Å²) in [6, 6.07) is 2.59. The third-order valence-corrected chi connectivity index (χ3v) is 3.59. The van der Waals surface area contributed by atoms with Crippen LogP contribution in [0, 0.1) is 5.92 Å². The first kappa shape index (κ1) is 13.6. The summed E-state index contributed by atoms with van der Waals surface area (Å²) in [4.78, 5) is 2.39. The minimum absolute atomic E-state index is 0.451. The minimum Gasteiger partial charge on any atom is -0.316 e. The van der Waals surface area contributed by atoms with Crippen molar-refractivity contribution >= 4 is 0 Å². The summed E-state index contributed by atoms with van der Waals surface area (Å²) in [5, 5.41) is 8.08. The topological polar surface area (TPSA) is 33.1 Å². The van der Waals surface area contributed by atoms with Crippen molar-refractivity contribution in [3.8, 4) is 0 Å². The molecule has 1 N–H and O–H groups in total. The Balaban J connectivity index is 1.80. The Morgan fingerprint density at radius 2 is 2.39 bits per heavy atom. The zero-order valence-corrected chi connectivity index (χ0v) is 11.9. The van der Waals surface area contributed by atoms with Crippen LogP contribution in [0.5, 0.6) is 0 Å². The van der Waals surface area contributed by atoms with Crippen molar-refractivity contribution in [3.05, 3.63) is 18.0 Å². The van der Waals surface area contributed by atoms with Gasteiger partial charge in [-0.15, -0.1) is 0 Å². The van der Waals surface area contributed by atoms with E-state index < -0.39 is 0 Å². The summed E-state index contributed by atoms with van der Waals surface area (Å²) in [5.74, 6) is 0.802. The van der Waals surface area contributed by atoms with Crippen LogP contribution in [0.3, 0.4) is 0 Å². The standard InChI is InChI=1S/C14H26N4/c1-12(2)18-8-6-14(16-18)11-17(3)10-13-5-4-7-15-9-13/h6,8,12-13,15H,4-5,7,9-11H2,1-3H3. The van der Waals surface area contributed by atoms with Crippen LogP contribution in [-0.4, -0.2) is 41.4 Å². The molecule has 0 saturated carbocycles. The molecule has 1 unspecified atom stereocenters. The fourth-order valence-corrected chi connectivity index (χ4v) is 2.61. The van der Waals surface area contributed by atoms with E-state index in [0.29, 0.717) is 6.04 Å². The number of hydrogen-bond donors (Lipinski definition) is 1. The average Bonchev–Trinajstić information content (AvgIpc) is 2.78. The van der Waals surface area contributed by atoms with E-state index in [2.05, 4.69) is 48.5 Å². The van der Waals surface area contributed by atoms with Crippen molar-refractivity contribution < 1.29 is 0 Å². The first-order valence-corrected chi connectivity index (χ1v) is 7.08. The van der Waals surface area contributed by atoms with E-state index in [1.54, 1.807) is 0 Å². The summed E-state index contributed by atoms with van der Waals surface area (Å²) in [7, 11) is 2.20. The second kappa shape index (κ2) is 6.34. The van der Waals surface area contributed by atoms with Crippen molar-refractivity contribution in [1.82, 2.24) is 20.0 Å². The summed E-state index contributed by atoms with van der Waals surface area (Å²) in [6.45, 7) is 8.81. The first-order valence-electron chi connectivity index (χ1n) is 7.08. The lowest BCUT2D eigenvalue weighted by Gasteiger charge is -2.27. The second-order valence-corrected chi connectivity index (χ2v) is 5.79.